The summed E-state index contributed by atoms with van der Waals surface area (Å²) in [6.07, 6.45) is 1.66. The highest BCUT2D eigenvalue weighted by molar-refractivity contribution is 5.51. The van der Waals surface area contributed by atoms with Gasteiger partial charge in [0.2, 0.25) is 0 Å². The molecule has 0 spiro atoms. The summed E-state index contributed by atoms with van der Waals surface area (Å²) in [5, 5.41) is 20.3. The van der Waals surface area contributed by atoms with Crippen molar-refractivity contribution >= 4 is 5.69 Å². The van der Waals surface area contributed by atoms with Gasteiger partial charge in [-0.1, -0.05) is 24.3 Å². The first-order chi connectivity index (χ1) is 14.5. The second-order valence-corrected chi connectivity index (χ2v) is 7.90. The van der Waals surface area contributed by atoms with Crippen molar-refractivity contribution in [1.29, 1.82) is 0 Å². The number of rotatable bonds is 6. The van der Waals surface area contributed by atoms with E-state index in [9.17, 15) is 19.0 Å². The summed E-state index contributed by atoms with van der Waals surface area (Å²) < 4.78 is 26.6. The summed E-state index contributed by atoms with van der Waals surface area (Å²) in [6.45, 7) is 0.828. The molecule has 2 N–H and O–H groups in total. The van der Waals surface area contributed by atoms with Gasteiger partial charge in [0.15, 0.2) is 0 Å². The summed E-state index contributed by atoms with van der Waals surface area (Å²) in [6, 6.07) is 19.8. The predicted molar refractivity (Wildman–Crippen MR) is 113 cm³/mol. The van der Waals surface area contributed by atoms with Gasteiger partial charge in [0.25, 0.3) is 0 Å². The summed E-state index contributed by atoms with van der Waals surface area (Å²) in [4.78, 5) is 2.26. The molecule has 0 amide bonds. The highest BCUT2D eigenvalue weighted by atomic mass is 19.1. The molecule has 0 radical (unpaired) electrons. The van der Waals surface area contributed by atoms with Crippen LogP contribution in [0.5, 0.6) is 5.75 Å². The normalized spacial score (nSPS) is 19.8. The number of aliphatic hydroxyl groups is 1. The zero-order valence-electron chi connectivity index (χ0n) is 16.6. The first kappa shape index (κ1) is 20.4. The molecule has 1 heterocycles. The minimum Gasteiger partial charge on any atom is -0.508 e. The van der Waals surface area contributed by atoms with Crippen LogP contribution in [0.1, 0.15) is 42.5 Å². The van der Waals surface area contributed by atoms with Gasteiger partial charge >= 0.3 is 0 Å². The van der Waals surface area contributed by atoms with Crippen molar-refractivity contribution in [3.05, 3.63) is 95.6 Å². The number of anilines is 1. The molecule has 0 aromatic heterocycles. The quantitative estimate of drug-likeness (QED) is 0.545. The van der Waals surface area contributed by atoms with E-state index < -0.39 is 6.10 Å². The van der Waals surface area contributed by atoms with E-state index >= 15 is 0 Å². The van der Waals surface area contributed by atoms with E-state index in [1.165, 1.54) is 24.3 Å². The Labute approximate surface area is 175 Å². The van der Waals surface area contributed by atoms with Crippen LogP contribution in [0.2, 0.25) is 0 Å². The molecule has 4 rings (SSSR count). The predicted octanol–water partition coefficient (Wildman–Crippen LogP) is 5.75. The van der Waals surface area contributed by atoms with E-state index in [2.05, 4.69) is 4.90 Å². The Morgan fingerprint density at radius 2 is 1.47 bits per heavy atom. The van der Waals surface area contributed by atoms with Crippen LogP contribution in [-0.2, 0) is 0 Å². The summed E-state index contributed by atoms with van der Waals surface area (Å²) >= 11 is 0. The molecule has 3 atom stereocenters. The molecule has 0 saturated carbocycles. The molecule has 0 bridgehead atoms. The second kappa shape index (κ2) is 8.84. The summed E-state index contributed by atoms with van der Waals surface area (Å²) in [7, 11) is 0. The van der Waals surface area contributed by atoms with Gasteiger partial charge in [-0.05, 0) is 84.8 Å². The Morgan fingerprint density at radius 1 is 0.867 bits per heavy atom. The van der Waals surface area contributed by atoms with E-state index in [-0.39, 0.29) is 29.3 Å². The van der Waals surface area contributed by atoms with Crippen molar-refractivity contribution in [2.45, 2.75) is 31.4 Å². The lowest BCUT2D eigenvalue weighted by molar-refractivity contribution is 0.155. The van der Waals surface area contributed by atoms with Gasteiger partial charge in [-0.15, -0.1) is 0 Å². The number of phenolic OH excluding ortho intramolecular Hbond substituents is 1. The van der Waals surface area contributed by atoms with Crippen LogP contribution in [0.25, 0.3) is 0 Å². The Morgan fingerprint density at radius 3 is 2.10 bits per heavy atom. The molecule has 3 aromatic rings. The number of hydrogen-bond donors (Lipinski definition) is 2. The van der Waals surface area contributed by atoms with Gasteiger partial charge in [0.1, 0.15) is 17.4 Å². The number of aliphatic hydroxyl groups excluding tert-OH is 1. The van der Waals surface area contributed by atoms with Crippen LogP contribution in [-0.4, -0.2) is 16.8 Å². The molecule has 30 heavy (non-hydrogen) atoms. The van der Waals surface area contributed by atoms with Crippen molar-refractivity contribution in [2.24, 2.45) is 5.92 Å². The maximum Gasteiger partial charge on any atom is 0.123 e. The lowest BCUT2D eigenvalue weighted by Crippen LogP contribution is -2.25. The number of halogens is 2. The molecule has 1 saturated heterocycles. The third-order valence-corrected chi connectivity index (χ3v) is 5.98. The van der Waals surface area contributed by atoms with E-state index in [0.29, 0.717) is 12.0 Å². The average Bonchev–Trinajstić information content (AvgIpc) is 3.17. The lowest BCUT2D eigenvalue weighted by Gasteiger charge is -2.31. The number of aromatic hydroxyl groups is 1. The molecule has 1 aliphatic rings. The molecular weight excluding hydrogens is 384 g/mol. The lowest BCUT2D eigenvalue weighted by atomic mass is 9.88. The van der Waals surface area contributed by atoms with Crippen LogP contribution in [0.15, 0.2) is 72.8 Å². The molecule has 156 valence electrons. The first-order valence-corrected chi connectivity index (χ1v) is 10.3. The fraction of sp³-hybridized carbons (Fsp3) is 0.280. The van der Waals surface area contributed by atoms with Crippen molar-refractivity contribution in [3.63, 3.8) is 0 Å². The highest BCUT2D eigenvalue weighted by Crippen LogP contribution is 2.43. The van der Waals surface area contributed by atoms with Gasteiger partial charge < -0.3 is 15.1 Å². The van der Waals surface area contributed by atoms with Crippen LogP contribution in [0.4, 0.5) is 14.5 Å². The Hall–Kier alpha value is -2.92. The van der Waals surface area contributed by atoms with Crippen LogP contribution in [0.3, 0.4) is 0 Å². The smallest absolute Gasteiger partial charge is 0.123 e. The van der Waals surface area contributed by atoms with Crippen molar-refractivity contribution < 1.29 is 19.0 Å². The number of phenols is 1. The maximum atomic E-state index is 13.4. The highest BCUT2D eigenvalue weighted by Gasteiger charge is 2.35. The van der Waals surface area contributed by atoms with Crippen LogP contribution >= 0.6 is 0 Å². The third kappa shape index (κ3) is 4.46. The molecule has 1 fully saturated rings. The van der Waals surface area contributed by atoms with Gasteiger partial charge in [0, 0.05) is 12.2 Å². The zero-order chi connectivity index (χ0) is 21.1. The number of nitrogens with zero attached hydrogens (tertiary/aromatic N) is 1. The maximum absolute atomic E-state index is 13.4. The Balaban J connectivity index is 1.54. The number of benzene rings is 3. The summed E-state index contributed by atoms with van der Waals surface area (Å²) in [5.41, 5.74) is 2.75. The van der Waals surface area contributed by atoms with Crippen molar-refractivity contribution in [1.82, 2.24) is 0 Å². The number of hydrogen-bond acceptors (Lipinski definition) is 3. The fourth-order valence-electron chi connectivity index (χ4n) is 4.43. The summed E-state index contributed by atoms with van der Waals surface area (Å²) in [5.74, 6) is -0.0785. The van der Waals surface area contributed by atoms with Gasteiger partial charge in [-0.3, -0.25) is 0 Å². The average molecular weight is 409 g/mol. The zero-order valence-corrected chi connectivity index (χ0v) is 16.6. The van der Waals surface area contributed by atoms with E-state index in [0.717, 1.165) is 30.6 Å². The van der Waals surface area contributed by atoms with Crippen molar-refractivity contribution in [3.8, 4) is 5.75 Å². The largest absolute Gasteiger partial charge is 0.508 e. The van der Waals surface area contributed by atoms with Crippen molar-refractivity contribution in [2.75, 3.05) is 11.4 Å². The van der Waals surface area contributed by atoms with E-state index in [1.54, 1.807) is 36.4 Å². The Kier molecular flexibility index (Phi) is 6.00. The molecule has 3 nitrogen and oxygen atoms in total. The van der Waals surface area contributed by atoms with Crippen LogP contribution < -0.4 is 4.90 Å². The molecule has 5 heteroatoms. The molecule has 3 unspecified atom stereocenters. The van der Waals surface area contributed by atoms with E-state index in [4.69, 9.17) is 0 Å². The van der Waals surface area contributed by atoms with Gasteiger partial charge in [0.05, 0.1) is 12.1 Å². The molecule has 0 aliphatic carbocycles. The SMILES string of the molecule is Oc1ccc(C2C(CCC(O)c3ccc(F)cc3)CCN2c2ccc(F)cc2)cc1. The first-order valence-electron chi connectivity index (χ1n) is 10.3. The van der Waals surface area contributed by atoms with Gasteiger partial charge in [-0.25, -0.2) is 8.78 Å². The molecule has 3 aromatic carbocycles. The fourth-order valence-corrected chi connectivity index (χ4v) is 4.43. The minimum atomic E-state index is -0.647. The van der Waals surface area contributed by atoms with Gasteiger partial charge in [-0.2, -0.15) is 0 Å². The monoisotopic (exact) mass is 409 g/mol. The second-order valence-electron chi connectivity index (χ2n) is 7.90. The minimum absolute atomic E-state index is 0.0662. The standard InChI is InChI=1S/C25H25F2NO2/c26-20-6-1-17(2-7-20)24(30)14-5-19-15-16-28(22-10-8-21(27)9-11-22)25(19)18-3-12-23(29)13-4-18/h1-4,6-13,19,24-25,29-30H,5,14-16H2. The van der Waals surface area contributed by atoms with Crippen LogP contribution in [0, 0.1) is 17.6 Å². The molecule has 1 aliphatic heterocycles. The third-order valence-electron chi connectivity index (χ3n) is 5.98. The van der Waals surface area contributed by atoms with E-state index in [1.807, 2.05) is 12.1 Å². The molecular formula is C25H25F2NO2. The topological polar surface area (TPSA) is 43.7 Å². The Bertz CT molecular complexity index is 958.